The third kappa shape index (κ3) is 2.16. The van der Waals surface area contributed by atoms with Crippen molar-refractivity contribution in [2.75, 3.05) is 6.54 Å². The molecule has 1 aliphatic heterocycles. The molecule has 0 aliphatic carbocycles. The van der Waals surface area contributed by atoms with Crippen molar-refractivity contribution in [1.82, 2.24) is 19.9 Å². The third-order valence-corrected chi connectivity index (χ3v) is 4.08. The van der Waals surface area contributed by atoms with Crippen LogP contribution in [0.25, 0.3) is 0 Å². The molecule has 100 valence electrons. The summed E-state index contributed by atoms with van der Waals surface area (Å²) in [6, 6.07) is 6.04. The van der Waals surface area contributed by atoms with Crippen molar-refractivity contribution >= 4 is 0 Å². The standard InChI is InChI=1S/C15H20N4/c1-3-15(2)14-13(7-9-18-15)17-11-19(14)10-12-6-4-5-8-16-12/h4-6,8,11,18H,3,7,9-10H2,1-2H3. The quantitative estimate of drug-likeness (QED) is 0.914. The number of rotatable bonds is 3. The Morgan fingerprint density at radius 1 is 1.37 bits per heavy atom. The number of fused-ring (bicyclic) bond motifs is 1. The van der Waals surface area contributed by atoms with Gasteiger partial charge in [0.2, 0.25) is 0 Å². The van der Waals surface area contributed by atoms with E-state index in [9.17, 15) is 0 Å². The van der Waals surface area contributed by atoms with Gasteiger partial charge in [-0.2, -0.15) is 0 Å². The van der Waals surface area contributed by atoms with Crippen LogP contribution in [0.4, 0.5) is 0 Å². The van der Waals surface area contributed by atoms with Gasteiger partial charge in [0, 0.05) is 19.2 Å². The molecule has 3 heterocycles. The Balaban J connectivity index is 1.98. The Bertz CT molecular complexity index is 561. The second-order valence-corrected chi connectivity index (χ2v) is 5.35. The molecule has 0 bridgehead atoms. The Morgan fingerprint density at radius 3 is 3.00 bits per heavy atom. The van der Waals surface area contributed by atoms with E-state index >= 15 is 0 Å². The topological polar surface area (TPSA) is 42.7 Å². The Morgan fingerprint density at radius 2 is 2.26 bits per heavy atom. The number of imidazole rings is 1. The predicted molar refractivity (Wildman–Crippen MR) is 74.9 cm³/mol. The predicted octanol–water partition coefficient (Wildman–Crippen LogP) is 2.10. The van der Waals surface area contributed by atoms with Crippen molar-refractivity contribution in [3.05, 3.63) is 47.8 Å². The van der Waals surface area contributed by atoms with Crippen molar-refractivity contribution in [3.63, 3.8) is 0 Å². The first-order valence-electron chi connectivity index (χ1n) is 6.92. The molecule has 1 N–H and O–H groups in total. The highest BCUT2D eigenvalue weighted by molar-refractivity contribution is 5.26. The third-order valence-electron chi connectivity index (χ3n) is 4.08. The lowest BCUT2D eigenvalue weighted by Crippen LogP contribution is -2.45. The van der Waals surface area contributed by atoms with Crippen molar-refractivity contribution in [2.24, 2.45) is 0 Å². The van der Waals surface area contributed by atoms with Gasteiger partial charge in [0.05, 0.1) is 35.5 Å². The van der Waals surface area contributed by atoms with E-state index < -0.39 is 0 Å². The van der Waals surface area contributed by atoms with E-state index in [1.165, 1.54) is 11.4 Å². The minimum atomic E-state index is 0.0267. The average Bonchev–Trinajstić information content (AvgIpc) is 2.85. The van der Waals surface area contributed by atoms with E-state index in [4.69, 9.17) is 0 Å². The minimum Gasteiger partial charge on any atom is -0.327 e. The summed E-state index contributed by atoms with van der Waals surface area (Å²) in [5.41, 5.74) is 3.66. The zero-order valence-electron chi connectivity index (χ0n) is 11.6. The maximum Gasteiger partial charge on any atom is 0.0955 e. The van der Waals surface area contributed by atoms with E-state index in [1.54, 1.807) is 0 Å². The van der Waals surface area contributed by atoms with Gasteiger partial charge in [-0.25, -0.2) is 4.98 Å². The van der Waals surface area contributed by atoms with Crippen LogP contribution in [0.2, 0.25) is 0 Å². The molecule has 3 rings (SSSR count). The number of nitrogens with one attached hydrogen (secondary N) is 1. The molecule has 4 heteroatoms. The van der Waals surface area contributed by atoms with Gasteiger partial charge in [-0.05, 0) is 25.5 Å². The molecule has 0 saturated carbocycles. The number of aromatic nitrogens is 3. The van der Waals surface area contributed by atoms with Gasteiger partial charge in [-0.3, -0.25) is 4.98 Å². The van der Waals surface area contributed by atoms with Crippen molar-refractivity contribution in [3.8, 4) is 0 Å². The zero-order chi connectivity index (χ0) is 13.3. The van der Waals surface area contributed by atoms with Gasteiger partial charge in [0.25, 0.3) is 0 Å². The normalized spacial score (nSPS) is 22.2. The van der Waals surface area contributed by atoms with E-state index in [1.807, 2.05) is 24.7 Å². The molecule has 0 aromatic carbocycles. The molecule has 2 aromatic heterocycles. The Labute approximate surface area is 113 Å². The summed E-state index contributed by atoms with van der Waals surface area (Å²) in [6.45, 7) is 6.29. The van der Waals surface area contributed by atoms with Crippen LogP contribution < -0.4 is 5.32 Å². The summed E-state index contributed by atoms with van der Waals surface area (Å²) >= 11 is 0. The highest BCUT2D eigenvalue weighted by atomic mass is 15.1. The van der Waals surface area contributed by atoms with Crippen LogP contribution in [0.15, 0.2) is 30.7 Å². The lowest BCUT2D eigenvalue weighted by Gasteiger charge is -2.35. The molecular formula is C15H20N4. The summed E-state index contributed by atoms with van der Waals surface area (Å²) < 4.78 is 2.24. The van der Waals surface area contributed by atoms with E-state index in [0.29, 0.717) is 0 Å². The molecule has 4 nitrogen and oxygen atoms in total. The fourth-order valence-corrected chi connectivity index (χ4v) is 2.86. The Kier molecular flexibility index (Phi) is 3.11. The van der Waals surface area contributed by atoms with Crippen LogP contribution in [0, 0.1) is 0 Å². The largest absolute Gasteiger partial charge is 0.327 e. The van der Waals surface area contributed by atoms with Gasteiger partial charge >= 0.3 is 0 Å². The van der Waals surface area contributed by atoms with Crippen LogP contribution in [0.1, 0.15) is 37.4 Å². The average molecular weight is 256 g/mol. The zero-order valence-corrected chi connectivity index (χ0v) is 11.6. The van der Waals surface area contributed by atoms with Gasteiger partial charge in [0.15, 0.2) is 0 Å². The van der Waals surface area contributed by atoms with Gasteiger partial charge in [-0.15, -0.1) is 0 Å². The SMILES string of the molecule is CCC1(C)NCCc2ncn(Cc3ccccn3)c21. The summed E-state index contributed by atoms with van der Waals surface area (Å²) in [4.78, 5) is 9.00. The molecule has 0 amide bonds. The minimum absolute atomic E-state index is 0.0267. The molecule has 1 atom stereocenters. The highest BCUT2D eigenvalue weighted by Crippen LogP contribution is 2.30. The fraction of sp³-hybridized carbons (Fsp3) is 0.467. The van der Waals surface area contributed by atoms with Gasteiger partial charge in [0.1, 0.15) is 0 Å². The lowest BCUT2D eigenvalue weighted by atomic mass is 9.88. The van der Waals surface area contributed by atoms with Crippen LogP contribution in [0.3, 0.4) is 0 Å². The fourth-order valence-electron chi connectivity index (χ4n) is 2.86. The molecule has 0 spiro atoms. The van der Waals surface area contributed by atoms with Crippen LogP contribution >= 0.6 is 0 Å². The summed E-state index contributed by atoms with van der Waals surface area (Å²) in [5.74, 6) is 0. The summed E-state index contributed by atoms with van der Waals surface area (Å²) in [6.07, 6.45) is 5.88. The molecule has 1 aliphatic rings. The smallest absolute Gasteiger partial charge is 0.0955 e. The van der Waals surface area contributed by atoms with Crippen molar-refractivity contribution in [2.45, 2.75) is 38.8 Å². The first kappa shape index (κ1) is 12.4. The first-order chi connectivity index (χ1) is 9.23. The van der Waals surface area contributed by atoms with Gasteiger partial charge in [-0.1, -0.05) is 13.0 Å². The molecule has 1 unspecified atom stereocenters. The monoisotopic (exact) mass is 256 g/mol. The molecular weight excluding hydrogens is 236 g/mol. The first-order valence-corrected chi connectivity index (χ1v) is 6.92. The lowest BCUT2D eigenvalue weighted by molar-refractivity contribution is 0.314. The second kappa shape index (κ2) is 4.78. The van der Waals surface area contributed by atoms with E-state index in [-0.39, 0.29) is 5.54 Å². The summed E-state index contributed by atoms with van der Waals surface area (Å²) in [7, 11) is 0. The van der Waals surface area contributed by atoms with Gasteiger partial charge < -0.3 is 9.88 Å². The van der Waals surface area contributed by atoms with E-state index in [0.717, 1.165) is 31.6 Å². The highest BCUT2D eigenvalue weighted by Gasteiger charge is 2.34. The molecule has 0 saturated heterocycles. The van der Waals surface area contributed by atoms with Crippen LogP contribution in [-0.4, -0.2) is 21.1 Å². The van der Waals surface area contributed by atoms with Crippen LogP contribution in [-0.2, 0) is 18.5 Å². The van der Waals surface area contributed by atoms with Crippen LogP contribution in [0.5, 0.6) is 0 Å². The van der Waals surface area contributed by atoms with Crippen molar-refractivity contribution < 1.29 is 0 Å². The number of nitrogens with zero attached hydrogens (tertiary/aromatic N) is 3. The molecule has 0 fully saturated rings. The molecule has 0 radical (unpaired) electrons. The Hall–Kier alpha value is -1.68. The number of hydrogen-bond acceptors (Lipinski definition) is 3. The number of pyridine rings is 1. The summed E-state index contributed by atoms with van der Waals surface area (Å²) in [5, 5.41) is 3.63. The van der Waals surface area contributed by atoms with Crippen molar-refractivity contribution in [1.29, 1.82) is 0 Å². The number of hydrogen-bond donors (Lipinski definition) is 1. The molecule has 19 heavy (non-hydrogen) atoms. The maximum absolute atomic E-state index is 4.59. The van der Waals surface area contributed by atoms with E-state index in [2.05, 4.69) is 39.8 Å². The molecule has 2 aromatic rings. The second-order valence-electron chi connectivity index (χ2n) is 5.35. The maximum atomic E-state index is 4.59.